The molecule has 112 valence electrons. The van der Waals surface area contributed by atoms with Crippen LogP contribution in [0.5, 0.6) is 0 Å². The van der Waals surface area contributed by atoms with Crippen LogP contribution < -0.4 is 5.32 Å². The van der Waals surface area contributed by atoms with Crippen LogP contribution in [0.1, 0.15) is 24.8 Å². The molecule has 0 aliphatic heterocycles. The van der Waals surface area contributed by atoms with Crippen molar-refractivity contribution in [3.05, 3.63) is 35.9 Å². The van der Waals surface area contributed by atoms with Gasteiger partial charge in [-0.15, -0.1) is 0 Å². The molecule has 1 aromatic rings. The fourth-order valence-electron chi connectivity index (χ4n) is 3.93. The number of methoxy groups -OCH3 is 1. The lowest BCUT2D eigenvalue weighted by Crippen LogP contribution is -2.49. The number of carbonyl (C=O) groups excluding carboxylic acids is 2. The van der Waals surface area contributed by atoms with Crippen LogP contribution in [0.25, 0.3) is 0 Å². The third kappa shape index (κ3) is 2.43. The molecule has 3 aliphatic rings. The highest BCUT2D eigenvalue weighted by Crippen LogP contribution is 2.62. The Labute approximate surface area is 124 Å². The Morgan fingerprint density at radius 1 is 1.29 bits per heavy atom. The predicted octanol–water partition coefficient (Wildman–Crippen LogP) is 1.93. The normalized spacial score (nSPS) is 29.6. The molecule has 3 aliphatic carbocycles. The summed E-state index contributed by atoms with van der Waals surface area (Å²) in [6.07, 6.45) is 3.29. The van der Waals surface area contributed by atoms with E-state index in [2.05, 4.69) is 17.4 Å². The quantitative estimate of drug-likeness (QED) is 0.842. The number of hydrogen-bond donors (Lipinski definition) is 1. The van der Waals surface area contributed by atoms with Crippen molar-refractivity contribution in [2.24, 2.45) is 17.3 Å². The van der Waals surface area contributed by atoms with Crippen LogP contribution in [0.3, 0.4) is 0 Å². The minimum atomic E-state index is -0.492. The molecule has 1 amide bonds. The molecule has 3 fully saturated rings. The van der Waals surface area contributed by atoms with Gasteiger partial charge in [-0.2, -0.15) is 0 Å². The van der Waals surface area contributed by atoms with Crippen molar-refractivity contribution in [2.45, 2.75) is 25.7 Å². The van der Waals surface area contributed by atoms with E-state index >= 15 is 0 Å². The van der Waals surface area contributed by atoms with E-state index in [1.54, 1.807) is 0 Å². The van der Waals surface area contributed by atoms with E-state index in [-0.39, 0.29) is 17.8 Å². The minimum absolute atomic E-state index is 0.0302. The summed E-state index contributed by atoms with van der Waals surface area (Å²) in [5, 5.41) is 3.01. The summed E-state index contributed by atoms with van der Waals surface area (Å²) in [5.41, 5.74) is 0.715. The maximum absolute atomic E-state index is 12.5. The first-order valence-electron chi connectivity index (χ1n) is 7.56. The number of fused-ring (bicyclic) bond motifs is 1. The molecule has 4 nitrogen and oxygen atoms in total. The number of nitrogens with one attached hydrogen (secondary N) is 1. The van der Waals surface area contributed by atoms with Gasteiger partial charge in [0.2, 0.25) is 5.91 Å². The maximum atomic E-state index is 12.5. The molecule has 1 unspecified atom stereocenters. The third-order valence-electron chi connectivity index (χ3n) is 5.02. The molecule has 0 heterocycles. The van der Waals surface area contributed by atoms with E-state index in [1.807, 2.05) is 18.2 Å². The van der Waals surface area contributed by atoms with Gasteiger partial charge in [-0.05, 0) is 37.2 Å². The average Bonchev–Trinajstić information content (AvgIpc) is 3.03. The molecule has 3 saturated carbocycles. The number of rotatable bonds is 5. The Morgan fingerprint density at radius 3 is 2.67 bits per heavy atom. The zero-order valence-electron chi connectivity index (χ0n) is 12.3. The largest absolute Gasteiger partial charge is 0.469 e. The summed E-state index contributed by atoms with van der Waals surface area (Å²) in [7, 11) is 1.40. The van der Waals surface area contributed by atoms with Crippen molar-refractivity contribution in [3.63, 3.8) is 0 Å². The van der Waals surface area contributed by atoms with Gasteiger partial charge in [-0.25, -0.2) is 0 Å². The molecule has 4 heteroatoms. The van der Waals surface area contributed by atoms with E-state index in [0.29, 0.717) is 12.5 Å². The van der Waals surface area contributed by atoms with Crippen molar-refractivity contribution in [1.82, 2.24) is 5.32 Å². The Bertz CT molecular complexity index is 534. The molecule has 1 aromatic carbocycles. The van der Waals surface area contributed by atoms with Crippen molar-refractivity contribution >= 4 is 11.9 Å². The highest BCUT2D eigenvalue weighted by Gasteiger charge is 2.64. The Balaban J connectivity index is 1.57. The van der Waals surface area contributed by atoms with Gasteiger partial charge in [0.05, 0.1) is 18.4 Å². The molecule has 0 saturated heterocycles. The summed E-state index contributed by atoms with van der Waals surface area (Å²) in [6, 6.07) is 10.1. The van der Waals surface area contributed by atoms with Gasteiger partial charge in [-0.3, -0.25) is 9.59 Å². The van der Waals surface area contributed by atoms with Crippen LogP contribution in [-0.2, 0) is 20.7 Å². The number of hydrogen-bond acceptors (Lipinski definition) is 3. The summed E-state index contributed by atoms with van der Waals surface area (Å²) in [4.78, 5) is 24.4. The summed E-state index contributed by atoms with van der Waals surface area (Å²) in [5.74, 6) is 0.0778. The molecule has 1 N–H and O–H groups in total. The van der Waals surface area contributed by atoms with Gasteiger partial charge in [0.15, 0.2) is 0 Å². The maximum Gasteiger partial charge on any atom is 0.309 e. The predicted molar refractivity (Wildman–Crippen MR) is 78.4 cm³/mol. The van der Waals surface area contributed by atoms with Crippen LogP contribution >= 0.6 is 0 Å². The van der Waals surface area contributed by atoms with Crippen molar-refractivity contribution < 1.29 is 14.3 Å². The van der Waals surface area contributed by atoms with Crippen molar-refractivity contribution in [2.75, 3.05) is 13.7 Å². The lowest BCUT2D eigenvalue weighted by Gasteiger charge is -2.38. The van der Waals surface area contributed by atoms with Crippen LogP contribution in [0.4, 0.5) is 0 Å². The Hall–Kier alpha value is -1.84. The molecular weight excluding hydrogens is 266 g/mol. The van der Waals surface area contributed by atoms with Gasteiger partial charge in [0.25, 0.3) is 0 Å². The number of carbonyl (C=O) groups is 2. The Kier molecular flexibility index (Phi) is 3.70. The van der Waals surface area contributed by atoms with E-state index in [1.165, 1.54) is 12.7 Å². The molecule has 0 spiro atoms. The first-order valence-corrected chi connectivity index (χ1v) is 7.56. The number of benzene rings is 1. The zero-order chi connectivity index (χ0) is 14.9. The molecule has 2 bridgehead atoms. The first-order chi connectivity index (χ1) is 10.2. The topological polar surface area (TPSA) is 55.4 Å². The van der Waals surface area contributed by atoms with Gasteiger partial charge in [-0.1, -0.05) is 30.3 Å². The number of amides is 1. The molecule has 0 radical (unpaired) electrons. The highest BCUT2D eigenvalue weighted by molar-refractivity contribution is 5.91. The molecule has 4 rings (SSSR count). The SMILES string of the molecule is COC(=O)C1CC2CC1(C(=O)NCCc1ccccc1)C2. The third-order valence-corrected chi connectivity index (χ3v) is 5.02. The van der Waals surface area contributed by atoms with Gasteiger partial charge in [0, 0.05) is 6.54 Å². The second-order valence-corrected chi connectivity index (χ2v) is 6.23. The van der Waals surface area contributed by atoms with Crippen LogP contribution in [0.15, 0.2) is 30.3 Å². The number of esters is 1. The standard InChI is InChI=1S/C17H21NO3/c1-21-15(19)14-9-13-10-17(14,11-13)16(20)18-8-7-12-5-3-2-4-6-12/h2-6,13-14H,7-11H2,1H3,(H,18,20). The summed E-state index contributed by atoms with van der Waals surface area (Å²) < 4.78 is 4.86. The van der Waals surface area contributed by atoms with Crippen LogP contribution in [-0.4, -0.2) is 25.5 Å². The van der Waals surface area contributed by atoms with Gasteiger partial charge < -0.3 is 10.1 Å². The van der Waals surface area contributed by atoms with E-state index < -0.39 is 5.41 Å². The van der Waals surface area contributed by atoms with Crippen molar-refractivity contribution in [1.29, 1.82) is 0 Å². The smallest absolute Gasteiger partial charge is 0.309 e. The lowest BCUT2D eigenvalue weighted by atomic mass is 9.66. The second kappa shape index (κ2) is 5.51. The molecular formula is C17H21NO3. The molecule has 1 atom stereocenters. The second-order valence-electron chi connectivity index (χ2n) is 6.23. The van der Waals surface area contributed by atoms with Crippen LogP contribution in [0, 0.1) is 17.3 Å². The summed E-state index contributed by atoms with van der Waals surface area (Å²) >= 11 is 0. The molecule has 21 heavy (non-hydrogen) atoms. The Morgan fingerprint density at radius 2 is 2.00 bits per heavy atom. The lowest BCUT2D eigenvalue weighted by molar-refractivity contribution is -0.155. The van der Waals surface area contributed by atoms with E-state index in [9.17, 15) is 9.59 Å². The summed E-state index contributed by atoms with van der Waals surface area (Å²) in [6.45, 7) is 0.614. The zero-order valence-corrected chi connectivity index (χ0v) is 12.3. The van der Waals surface area contributed by atoms with Gasteiger partial charge in [0.1, 0.15) is 0 Å². The minimum Gasteiger partial charge on any atom is -0.469 e. The highest BCUT2D eigenvalue weighted by atomic mass is 16.5. The van der Waals surface area contributed by atoms with E-state index in [0.717, 1.165) is 25.7 Å². The van der Waals surface area contributed by atoms with Crippen LogP contribution in [0.2, 0.25) is 0 Å². The fourth-order valence-corrected chi connectivity index (χ4v) is 3.93. The monoisotopic (exact) mass is 287 g/mol. The first kappa shape index (κ1) is 14.1. The van der Waals surface area contributed by atoms with Gasteiger partial charge >= 0.3 is 5.97 Å². The average molecular weight is 287 g/mol. The fraction of sp³-hybridized carbons (Fsp3) is 0.529. The molecule has 0 aromatic heterocycles. The van der Waals surface area contributed by atoms with Crippen molar-refractivity contribution in [3.8, 4) is 0 Å². The number of ether oxygens (including phenoxy) is 1. The van der Waals surface area contributed by atoms with E-state index in [4.69, 9.17) is 4.74 Å².